The summed E-state index contributed by atoms with van der Waals surface area (Å²) < 4.78 is 5.42. The lowest BCUT2D eigenvalue weighted by atomic mass is 9.88. The number of urea groups is 1. The third-order valence-corrected chi connectivity index (χ3v) is 8.39. The number of hydrogen-bond donors (Lipinski definition) is 3. The van der Waals surface area contributed by atoms with Crippen molar-refractivity contribution >= 4 is 40.1 Å². The van der Waals surface area contributed by atoms with Crippen molar-refractivity contribution in [1.29, 1.82) is 0 Å². The Balaban J connectivity index is 1.40. The number of H-pyrrole nitrogens is 1. The van der Waals surface area contributed by atoms with Crippen LogP contribution in [0.25, 0.3) is 10.9 Å². The van der Waals surface area contributed by atoms with E-state index < -0.39 is 6.04 Å². The Hall–Kier alpha value is -3.11. The maximum absolute atomic E-state index is 14.5. The Labute approximate surface area is 247 Å². The Morgan fingerprint density at radius 2 is 1.95 bits per heavy atom. The summed E-state index contributed by atoms with van der Waals surface area (Å²) in [6.45, 7) is 7.78. The zero-order chi connectivity index (χ0) is 28.9. The van der Waals surface area contributed by atoms with Crippen LogP contribution in [-0.2, 0) is 16.0 Å². The van der Waals surface area contributed by atoms with Gasteiger partial charge in [0.15, 0.2) is 0 Å². The van der Waals surface area contributed by atoms with Gasteiger partial charge in [0, 0.05) is 73.0 Å². The molecular formula is C31H41ClN6O3. The molecule has 0 bridgehead atoms. The van der Waals surface area contributed by atoms with Gasteiger partial charge in [0.05, 0.1) is 13.2 Å². The zero-order valence-corrected chi connectivity index (χ0v) is 24.9. The van der Waals surface area contributed by atoms with E-state index in [2.05, 4.69) is 25.4 Å². The lowest BCUT2D eigenvalue weighted by Crippen LogP contribution is -2.56. The van der Waals surface area contributed by atoms with Crippen molar-refractivity contribution in [2.24, 2.45) is 5.92 Å². The quantitative estimate of drug-likeness (QED) is 0.359. The van der Waals surface area contributed by atoms with Gasteiger partial charge < -0.3 is 30.2 Å². The minimum absolute atomic E-state index is 0.127. The molecule has 2 aliphatic rings. The van der Waals surface area contributed by atoms with E-state index in [0.29, 0.717) is 31.3 Å². The van der Waals surface area contributed by atoms with Crippen LogP contribution in [0.5, 0.6) is 0 Å². The van der Waals surface area contributed by atoms with Gasteiger partial charge in [-0.1, -0.05) is 36.7 Å². The second kappa shape index (κ2) is 13.2. The van der Waals surface area contributed by atoms with Gasteiger partial charge in [0.25, 0.3) is 0 Å². The number of carbonyl (C=O) groups excluding carboxylic acids is 2. The second-order valence-corrected chi connectivity index (χ2v) is 11.9. The van der Waals surface area contributed by atoms with E-state index in [-0.39, 0.29) is 23.8 Å². The molecule has 1 aromatic heterocycles. The fraction of sp³-hybridized carbons (Fsp3) is 0.484. The molecule has 0 aliphatic carbocycles. The summed E-state index contributed by atoms with van der Waals surface area (Å²) in [4.78, 5) is 37.4. The number of rotatable bonds is 9. The Bertz CT molecular complexity index is 1350. The average Bonchev–Trinajstić information content (AvgIpc) is 3.39. The van der Waals surface area contributed by atoms with Crippen LogP contribution in [0.4, 0.5) is 10.5 Å². The third kappa shape index (κ3) is 7.04. The van der Waals surface area contributed by atoms with E-state index in [0.717, 1.165) is 60.3 Å². The molecule has 41 heavy (non-hydrogen) atoms. The van der Waals surface area contributed by atoms with Crippen molar-refractivity contribution in [3.05, 3.63) is 64.8 Å². The lowest BCUT2D eigenvalue weighted by Gasteiger charge is -2.38. The number of morpholine rings is 1. The average molecular weight is 581 g/mol. The van der Waals surface area contributed by atoms with Crippen LogP contribution in [0.2, 0.25) is 5.02 Å². The number of carbonyl (C=O) groups is 2. The highest BCUT2D eigenvalue weighted by atomic mass is 35.5. The monoisotopic (exact) mass is 580 g/mol. The van der Waals surface area contributed by atoms with E-state index in [4.69, 9.17) is 16.3 Å². The van der Waals surface area contributed by atoms with Crippen molar-refractivity contribution in [1.82, 2.24) is 25.4 Å². The van der Waals surface area contributed by atoms with Crippen molar-refractivity contribution in [3.8, 4) is 0 Å². The molecule has 2 aliphatic heterocycles. The molecule has 1 saturated heterocycles. The highest BCUT2D eigenvalue weighted by Gasteiger charge is 2.37. The molecule has 3 atom stereocenters. The molecule has 220 valence electrons. The van der Waals surface area contributed by atoms with Crippen LogP contribution < -0.4 is 15.5 Å². The molecule has 10 heteroatoms. The van der Waals surface area contributed by atoms with Gasteiger partial charge in [-0.3, -0.25) is 9.69 Å². The zero-order valence-electron chi connectivity index (χ0n) is 24.2. The molecule has 0 saturated carbocycles. The number of aromatic amines is 1. The van der Waals surface area contributed by atoms with E-state index in [9.17, 15) is 9.59 Å². The first kappa shape index (κ1) is 29.4. The number of halogens is 1. The molecule has 2 unspecified atom stereocenters. The normalized spacial score (nSPS) is 19.1. The molecule has 0 spiro atoms. The summed E-state index contributed by atoms with van der Waals surface area (Å²) in [5.74, 6) is -0.168. The summed E-state index contributed by atoms with van der Waals surface area (Å²) in [7, 11) is 4.09. The second-order valence-electron chi connectivity index (χ2n) is 11.5. The number of para-hydroxylation sites is 1. The molecule has 1 fully saturated rings. The highest BCUT2D eigenvalue weighted by molar-refractivity contribution is 6.30. The number of benzene rings is 2. The molecule has 3 N–H and O–H groups in total. The van der Waals surface area contributed by atoms with E-state index in [1.54, 1.807) is 0 Å². The van der Waals surface area contributed by atoms with Crippen LogP contribution >= 0.6 is 11.6 Å². The minimum Gasteiger partial charge on any atom is -0.379 e. The fourth-order valence-electron chi connectivity index (χ4n) is 6.12. The van der Waals surface area contributed by atoms with Gasteiger partial charge >= 0.3 is 6.03 Å². The summed E-state index contributed by atoms with van der Waals surface area (Å²) >= 11 is 6.37. The predicted molar refractivity (Wildman–Crippen MR) is 164 cm³/mol. The van der Waals surface area contributed by atoms with Crippen LogP contribution in [-0.4, -0.2) is 99.3 Å². The van der Waals surface area contributed by atoms with Crippen molar-refractivity contribution in [2.45, 2.75) is 25.3 Å². The van der Waals surface area contributed by atoms with Crippen LogP contribution in [0.15, 0.2) is 48.7 Å². The highest BCUT2D eigenvalue weighted by Crippen LogP contribution is 2.35. The van der Waals surface area contributed by atoms with Gasteiger partial charge in [0.2, 0.25) is 5.91 Å². The summed E-state index contributed by atoms with van der Waals surface area (Å²) in [6.07, 6.45) is 2.79. The Kier molecular flexibility index (Phi) is 9.49. The van der Waals surface area contributed by atoms with Crippen LogP contribution in [0.1, 0.15) is 24.0 Å². The van der Waals surface area contributed by atoms with E-state index in [1.807, 2.05) is 74.6 Å². The molecule has 3 aromatic rings. The maximum Gasteiger partial charge on any atom is 0.315 e. The topological polar surface area (TPSA) is 92.9 Å². The first-order valence-electron chi connectivity index (χ1n) is 14.4. The molecule has 5 rings (SSSR count). The Morgan fingerprint density at radius 1 is 1.17 bits per heavy atom. The number of anilines is 1. The molecule has 3 amide bonds. The van der Waals surface area contributed by atoms with Crippen molar-refractivity contribution < 1.29 is 14.3 Å². The first-order chi connectivity index (χ1) is 19.8. The van der Waals surface area contributed by atoms with Crippen molar-refractivity contribution in [3.63, 3.8) is 0 Å². The summed E-state index contributed by atoms with van der Waals surface area (Å²) in [5, 5.41) is 7.75. The van der Waals surface area contributed by atoms with Gasteiger partial charge in [-0.15, -0.1) is 0 Å². The Morgan fingerprint density at radius 3 is 2.73 bits per heavy atom. The number of fused-ring (bicyclic) bond motifs is 2. The van der Waals surface area contributed by atoms with Gasteiger partial charge in [-0.05, 0) is 61.8 Å². The molecule has 0 radical (unpaired) electrons. The SMILES string of the molecule is CC(c1c[nH]c2ccccc12)C(NC(=O)NCCN1CCOCC1)C(=O)N1C[C@@H](CN(C)C)Cc2cc(Cl)ccc21. The van der Waals surface area contributed by atoms with Crippen LogP contribution in [0.3, 0.4) is 0 Å². The number of ether oxygens (including phenoxy) is 1. The first-order valence-corrected chi connectivity index (χ1v) is 14.8. The molecule has 9 nitrogen and oxygen atoms in total. The van der Waals surface area contributed by atoms with Crippen LogP contribution in [0, 0.1) is 5.92 Å². The lowest BCUT2D eigenvalue weighted by molar-refractivity contribution is -0.121. The van der Waals surface area contributed by atoms with Crippen molar-refractivity contribution in [2.75, 3.05) is 71.5 Å². The minimum atomic E-state index is -0.778. The fourth-order valence-corrected chi connectivity index (χ4v) is 6.32. The molecular weight excluding hydrogens is 540 g/mol. The summed E-state index contributed by atoms with van der Waals surface area (Å²) in [6, 6.07) is 12.6. The number of amides is 3. The number of hydrogen-bond acceptors (Lipinski definition) is 5. The molecule has 3 heterocycles. The van der Waals surface area contributed by atoms with E-state index >= 15 is 0 Å². The number of nitrogens with zero attached hydrogens (tertiary/aromatic N) is 3. The largest absolute Gasteiger partial charge is 0.379 e. The predicted octanol–water partition coefficient (Wildman–Crippen LogP) is 3.69. The van der Waals surface area contributed by atoms with Gasteiger partial charge in [-0.25, -0.2) is 4.79 Å². The third-order valence-electron chi connectivity index (χ3n) is 8.15. The standard InChI is InChI=1S/C31H41ClN6O3/c1-21(26-18-34-27-7-5-4-6-25(26)27)29(35-31(40)33-10-11-37-12-14-41-15-13-37)30(39)38-20-22(19-36(2)3)16-23-17-24(32)8-9-28(23)38/h4-9,17-18,21-22,29,34H,10-16,19-20H2,1-3H3,(H2,33,35,40)/t21?,22-,29?/m1/s1. The molecule has 2 aromatic carbocycles. The summed E-state index contributed by atoms with van der Waals surface area (Å²) in [5.41, 5.74) is 3.91. The smallest absolute Gasteiger partial charge is 0.315 e. The van der Waals surface area contributed by atoms with Gasteiger partial charge in [0.1, 0.15) is 6.04 Å². The van der Waals surface area contributed by atoms with Gasteiger partial charge in [-0.2, -0.15) is 0 Å². The maximum atomic E-state index is 14.5. The van der Waals surface area contributed by atoms with E-state index in [1.165, 1.54) is 0 Å². The number of aromatic nitrogens is 1. The number of nitrogens with one attached hydrogen (secondary N) is 3.